The van der Waals surface area contributed by atoms with Gasteiger partial charge in [-0.1, -0.05) is 0 Å². The Balaban J connectivity index is 1.31. The van der Waals surface area contributed by atoms with Gasteiger partial charge in [-0.05, 0) is 61.6 Å². The Labute approximate surface area is 196 Å². The summed E-state index contributed by atoms with van der Waals surface area (Å²) in [4.78, 5) is 21.0. The number of nitrogens with zero attached hydrogens (tertiary/aromatic N) is 4. The number of hydrogen-bond donors (Lipinski definition) is 2. The highest BCUT2D eigenvalue weighted by atomic mass is 19.1. The number of aromatic nitrogens is 4. The van der Waals surface area contributed by atoms with Crippen LogP contribution in [0.4, 0.5) is 10.1 Å². The zero-order valence-electron chi connectivity index (χ0n) is 19.1. The molecule has 3 aromatic carbocycles. The lowest BCUT2D eigenvalue weighted by Crippen LogP contribution is -2.44. The van der Waals surface area contributed by atoms with Crippen LogP contribution < -0.4 is 9.64 Å². The van der Waals surface area contributed by atoms with Crippen molar-refractivity contribution in [2.45, 2.75) is 0 Å². The van der Waals surface area contributed by atoms with Crippen LogP contribution in [0.3, 0.4) is 0 Å². The minimum absolute atomic E-state index is 0.211. The SMILES string of the molecule is COc1ccc(-c2nc3ccc(-c4nc5ccc(N6CCN(C)CC6)cc5[nH]4)cc3[nH]2)cc1F. The molecule has 0 unspecified atom stereocenters. The van der Waals surface area contributed by atoms with E-state index in [9.17, 15) is 4.39 Å². The van der Waals surface area contributed by atoms with Gasteiger partial charge in [0.15, 0.2) is 11.6 Å². The van der Waals surface area contributed by atoms with Gasteiger partial charge in [0, 0.05) is 43.0 Å². The average Bonchev–Trinajstić information content (AvgIpc) is 3.47. The van der Waals surface area contributed by atoms with Gasteiger partial charge in [0.25, 0.3) is 0 Å². The minimum atomic E-state index is -0.417. The summed E-state index contributed by atoms with van der Waals surface area (Å²) in [5, 5.41) is 0. The van der Waals surface area contributed by atoms with E-state index in [0.29, 0.717) is 11.4 Å². The van der Waals surface area contributed by atoms with Crippen LogP contribution in [0, 0.1) is 5.82 Å². The number of imidazole rings is 2. The van der Waals surface area contributed by atoms with Crippen LogP contribution in [0.2, 0.25) is 0 Å². The van der Waals surface area contributed by atoms with E-state index in [0.717, 1.165) is 59.6 Å². The summed E-state index contributed by atoms with van der Waals surface area (Å²) in [5.41, 5.74) is 6.47. The Bertz CT molecular complexity index is 1500. The van der Waals surface area contributed by atoms with Gasteiger partial charge in [-0.3, -0.25) is 0 Å². The van der Waals surface area contributed by atoms with Crippen molar-refractivity contribution in [3.05, 3.63) is 60.4 Å². The maximum Gasteiger partial charge on any atom is 0.165 e. The van der Waals surface area contributed by atoms with Crippen molar-refractivity contribution in [1.82, 2.24) is 24.8 Å². The molecule has 2 N–H and O–H groups in total. The summed E-state index contributed by atoms with van der Waals surface area (Å²) in [6.07, 6.45) is 0. The first kappa shape index (κ1) is 20.7. The van der Waals surface area contributed by atoms with Crippen LogP contribution in [0.15, 0.2) is 54.6 Å². The van der Waals surface area contributed by atoms with Gasteiger partial charge in [0.2, 0.25) is 0 Å². The van der Waals surface area contributed by atoms with E-state index in [1.54, 1.807) is 12.1 Å². The molecule has 7 nitrogen and oxygen atoms in total. The van der Waals surface area contributed by atoms with Crippen LogP contribution in [-0.4, -0.2) is 65.2 Å². The molecule has 1 fully saturated rings. The smallest absolute Gasteiger partial charge is 0.165 e. The zero-order valence-corrected chi connectivity index (χ0v) is 19.1. The van der Waals surface area contributed by atoms with E-state index in [2.05, 4.69) is 50.0 Å². The number of fused-ring (bicyclic) bond motifs is 2. The van der Waals surface area contributed by atoms with Crippen LogP contribution in [0.1, 0.15) is 0 Å². The monoisotopic (exact) mass is 456 g/mol. The second-order valence-corrected chi connectivity index (χ2v) is 8.74. The van der Waals surface area contributed by atoms with Crippen molar-refractivity contribution in [2.75, 3.05) is 45.2 Å². The second kappa shape index (κ2) is 8.14. The fourth-order valence-corrected chi connectivity index (χ4v) is 4.50. The normalized spacial score (nSPS) is 14.9. The largest absolute Gasteiger partial charge is 0.494 e. The highest BCUT2D eigenvalue weighted by molar-refractivity contribution is 5.87. The molecule has 8 heteroatoms. The van der Waals surface area contributed by atoms with Crippen molar-refractivity contribution in [2.24, 2.45) is 0 Å². The molecular weight excluding hydrogens is 431 g/mol. The molecule has 0 radical (unpaired) electrons. The van der Waals surface area contributed by atoms with Crippen molar-refractivity contribution in [1.29, 1.82) is 0 Å². The number of H-pyrrole nitrogens is 2. The average molecular weight is 457 g/mol. The van der Waals surface area contributed by atoms with Gasteiger partial charge in [-0.15, -0.1) is 0 Å². The van der Waals surface area contributed by atoms with E-state index >= 15 is 0 Å². The number of halogens is 1. The topological polar surface area (TPSA) is 73.1 Å². The summed E-state index contributed by atoms with van der Waals surface area (Å²) in [6, 6.07) is 17.2. The lowest BCUT2D eigenvalue weighted by Gasteiger charge is -2.34. The second-order valence-electron chi connectivity index (χ2n) is 8.74. The highest BCUT2D eigenvalue weighted by Gasteiger charge is 2.16. The molecule has 1 saturated heterocycles. The minimum Gasteiger partial charge on any atom is -0.494 e. The van der Waals surface area contributed by atoms with Gasteiger partial charge in [0.1, 0.15) is 11.6 Å². The number of anilines is 1. The molecule has 34 heavy (non-hydrogen) atoms. The Morgan fingerprint density at radius 2 is 1.41 bits per heavy atom. The first-order valence-corrected chi connectivity index (χ1v) is 11.3. The van der Waals surface area contributed by atoms with Gasteiger partial charge in [0.05, 0.1) is 29.2 Å². The van der Waals surface area contributed by atoms with Gasteiger partial charge < -0.3 is 24.5 Å². The number of methoxy groups -OCH3 is 1. The number of ether oxygens (including phenoxy) is 1. The zero-order chi connectivity index (χ0) is 23.2. The van der Waals surface area contributed by atoms with Crippen molar-refractivity contribution in [3.8, 4) is 28.5 Å². The number of benzene rings is 3. The third-order valence-electron chi connectivity index (χ3n) is 6.51. The Morgan fingerprint density at radius 3 is 2.09 bits per heavy atom. The molecule has 0 aliphatic carbocycles. The Morgan fingerprint density at radius 1 is 0.794 bits per heavy atom. The van der Waals surface area contributed by atoms with Crippen LogP contribution in [-0.2, 0) is 0 Å². The molecule has 0 saturated carbocycles. The number of nitrogens with one attached hydrogen (secondary N) is 2. The molecule has 0 atom stereocenters. The summed E-state index contributed by atoms with van der Waals surface area (Å²) < 4.78 is 19.2. The van der Waals surface area contributed by atoms with E-state index in [4.69, 9.17) is 9.72 Å². The summed E-state index contributed by atoms with van der Waals surface area (Å²) in [6.45, 7) is 4.20. The molecule has 172 valence electrons. The predicted molar refractivity (Wildman–Crippen MR) is 133 cm³/mol. The highest BCUT2D eigenvalue weighted by Crippen LogP contribution is 2.29. The quantitative estimate of drug-likeness (QED) is 0.411. The molecule has 1 aliphatic rings. The standard InChI is InChI=1S/C26H25FN6O/c1-32-9-11-33(12-10-32)18-5-7-21-23(15-18)31-26(29-21)17-3-6-20-22(14-17)30-25(28-20)16-4-8-24(34-2)19(27)13-16/h3-8,13-15H,9-12H2,1-2H3,(H,28,30)(H,29,31). The summed E-state index contributed by atoms with van der Waals surface area (Å²) >= 11 is 0. The first-order valence-electron chi connectivity index (χ1n) is 11.3. The third kappa shape index (κ3) is 3.66. The number of hydrogen-bond acceptors (Lipinski definition) is 5. The fraction of sp³-hybridized carbons (Fsp3) is 0.231. The van der Waals surface area contributed by atoms with Crippen molar-refractivity contribution < 1.29 is 9.13 Å². The van der Waals surface area contributed by atoms with Crippen molar-refractivity contribution in [3.63, 3.8) is 0 Å². The number of aromatic amines is 2. The molecule has 3 heterocycles. The third-order valence-corrected chi connectivity index (χ3v) is 6.51. The first-order chi connectivity index (χ1) is 16.6. The molecule has 0 amide bonds. The number of rotatable bonds is 4. The van der Waals surface area contributed by atoms with E-state index in [1.807, 2.05) is 18.2 Å². The maximum atomic E-state index is 14.2. The Hall–Kier alpha value is -3.91. The molecular formula is C26H25FN6O. The molecule has 2 aromatic heterocycles. The number of likely N-dealkylation sites (N-methyl/N-ethyl adjacent to an activating group) is 1. The van der Waals surface area contributed by atoms with Crippen molar-refractivity contribution >= 4 is 27.8 Å². The van der Waals surface area contributed by atoms with E-state index in [1.165, 1.54) is 18.9 Å². The molecule has 1 aliphatic heterocycles. The van der Waals surface area contributed by atoms with E-state index < -0.39 is 5.82 Å². The maximum absolute atomic E-state index is 14.2. The van der Waals surface area contributed by atoms with Crippen LogP contribution in [0.25, 0.3) is 44.8 Å². The summed E-state index contributed by atoms with van der Waals surface area (Å²) in [5.74, 6) is 1.20. The lowest BCUT2D eigenvalue weighted by atomic mass is 10.2. The van der Waals surface area contributed by atoms with Gasteiger partial charge >= 0.3 is 0 Å². The predicted octanol–water partition coefficient (Wildman–Crippen LogP) is 4.67. The molecule has 6 rings (SSSR count). The van der Waals surface area contributed by atoms with Gasteiger partial charge in [-0.25, -0.2) is 14.4 Å². The Kier molecular flexibility index (Phi) is 4.95. The lowest BCUT2D eigenvalue weighted by molar-refractivity contribution is 0.313. The fourth-order valence-electron chi connectivity index (χ4n) is 4.50. The number of piperazine rings is 1. The van der Waals surface area contributed by atoms with E-state index in [-0.39, 0.29) is 5.75 Å². The molecule has 5 aromatic rings. The summed E-state index contributed by atoms with van der Waals surface area (Å²) in [7, 11) is 3.61. The van der Waals surface area contributed by atoms with Crippen LogP contribution >= 0.6 is 0 Å². The van der Waals surface area contributed by atoms with Crippen LogP contribution in [0.5, 0.6) is 5.75 Å². The molecule has 0 spiro atoms. The molecule has 0 bridgehead atoms. The van der Waals surface area contributed by atoms with Gasteiger partial charge in [-0.2, -0.15) is 0 Å².